The van der Waals surface area contributed by atoms with Crippen molar-refractivity contribution >= 4 is 0 Å². The maximum atomic E-state index is 12.6. The molecule has 2 heterocycles. The Morgan fingerprint density at radius 1 is 0.636 bits per heavy atom. The molecular weight excluding hydrogens is 415 g/mol. The van der Waals surface area contributed by atoms with Crippen LogP contribution in [0.5, 0.6) is 0 Å². The molecule has 33 heavy (non-hydrogen) atoms. The molecule has 2 aliphatic heterocycles. The largest absolute Gasteiger partial charge is 0.378 e. The van der Waals surface area contributed by atoms with Crippen molar-refractivity contribution in [3.63, 3.8) is 0 Å². The zero-order chi connectivity index (χ0) is 24.8. The second-order valence-corrected chi connectivity index (χ2v) is 9.57. The molecule has 0 N–H and O–H groups in total. The van der Waals surface area contributed by atoms with Crippen LogP contribution in [0.2, 0.25) is 0 Å². The first-order chi connectivity index (χ1) is 15.6. The average molecular weight is 461 g/mol. The molecule has 2 aromatic rings. The van der Waals surface area contributed by atoms with Gasteiger partial charge in [0.1, 0.15) is 5.82 Å². The minimum atomic E-state index is -0.116. The molecule has 2 atom stereocenters. The van der Waals surface area contributed by atoms with E-state index in [4.69, 9.17) is 14.2 Å². The molecule has 2 saturated heterocycles. The molecule has 186 valence electrons. The third-order valence-corrected chi connectivity index (χ3v) is 5.51. The number of hydrogen-bond acceptors (Lipinski definition) is 3. The standard InChI is InChI=1S/C8H9F.C8H10.C7H14O.C6H12O2/c1-6-3-4-7(2)8(9)5-6;1-7-3-5-8(2)6-4-7;1-6-3-4-7(2)8-5-6;1-5-3-7-6(2)8-4-5/h3-5H,1-2H3;3-6H,1-2H3;6-7H,3-5H2,1-2H3;5-6H,3-4H2,1-2H3. The second kappa shape index (κ2) is 16.0. The topological polar surface area (TPSA) is 27.7 Å². The molecule has 0 aromatic heterocycles. The molecule has 0 saturated carbocycles. The van der Waals surface area contributed by atoms with Gasteiger partial charge in [-0.3, -0.25) is 0 Å². The molecule has 0 amide bonds. The molecule has 0 bridgehead atoms. The normalized spacial score (nSPS) is 24.2. The Morgan fingerprint density at radius 3 is 1.48 bits per heavy atom. The van der Waals surface area contributed by atoms with Gasteiger partial charge < -0.3 is 14.2 Å². The van der Waals surface area contributed by atoms with E-state index < -0.39 is 0 Å². The number of benzene rings is 2. The lowest BCUT2D eigenvalue weighted by Crippen LogP contribution is -2.27. The summed E-state index contributed by atoms with van der Waals surface area (Å²) in [6, 6.07) is 13.7. The van der Waals surface area contributed by atoms with E-state index in [1.165, 1.54) is 30.0 Å². The number of aryl methyl sites for hydroxylation is 4. The Hall–Kier alpha value is -1.75. The maximum absolute atomic E-state index is 12.6. The van der Waals surface area contributed by atoms with Crippen molar-refractivity contribution < 1.29 is 18.6 Å². The van der Waals surface area contributed by atoms with E-state index in [0.717, 1.165) is 31.3 Å². The highest BCUT2D eigenvalue weighted by atomic mass is 19.1. The van der Waals surface area contributed by atoms with E-state index in [1.807, 2.05) is 19.9 Å². The summed E-state index contributed by atoms with van der Waals surface area (Å²) in [5.74, 6) is 1.26. The Labute approximate surface area is 201 Å². The highest BCUT2D eigenvalue weighted by molar-refractivity contribution is 5.21. The number of hydrogen-bond donors (Lipinski definition) is 0. The average Bonchev–Trinajstić information content (AvgIpc) is 2.79. The summed E-state index contributed by atoms with van der Waals surface area (Å²) in [7, 11) is 0. The highest BCUT2D eigenvalue weighted by Crippen LogP contribution is 2.17. The fourth-order valence-electron chi connectivity index (χ4n) is 3.04. The van der Waals surface area contributed by atoms with Gasteiger partial charge in [0.25, 0.3) is 0 Å². The third-order valence-electron chi connectivity index (χ3n) is 5.51. The zero-order valence-corrected chi connectivity index (χ0v) is 22.0. The second-order valence-electron chi connectivity index (χ2n) is 9.57. The summed E-state index contributed by atoms with van der Waals surface area (Å²) in [5, 5.41) is 0. The monoisotopic (exact) mass is 460 g/mol. The van der Waals surface area contributed by atoms with Crippen LogP contribution in [0.15, 0.2) is 42.5 Å². The molecule has 2 aliphatic rings. The molecule has 2 aromatic carbocycles. The van der Waals surface area contributed by atoms with Crippen molar-refractivity contribution in [2.24, 2.45) is 11.8 Å². The maximum Gasteiger partial charge on any atom is 0.154 e. The van der Waals surface area contributed by atoms with Crippen LogP contribution in [0, 0.1) is 45.3 Å². The van der Waals surface area contributed by atoms with Gasteiger partial charge in [0.05, 0.1) is 19.3 Å². The van der Waals surface area contributed by atoms with Crippen molar-refractivity contribution in [2.45, 2.75) is 80.6 Å². The van der Waals surface area contributed by atoms with Crippen LogP contribution < -0.4 is 0 Å². The zero-order valence-electron chi connectivity index (χ0n) is 22.0. The van der Waals surface area contributed by atoms with E-state index in [1.54, 1.807) is 13.0 Å². The third kappa shape index (κ3) is 14.2. The van der Waals surface area contributed by atoms with Crippen molar-refractivity contribution in [2.75, 3.05) is 19.8 Å². The predicted molar refractivity (Wildman–Crippen MR) is 136 cm³/mol. The minimum Gasteiger partial charge on any atom is -0.378 e. The number of halogens is 1. The van der Waals surface area contributed by atoms with Gasteiger partial charge in [-0.25, -0.2) is 4.39 Å². The van der Waals surface area contributed by atoms with Gasteiger partial charge in [0.2, 0.25) is 0 Å². The SMILES string of the molecule is CC1CCC(C)OC1.CC1COC(C)OC1.Cc1ccc(C)c(F)c1.Cc1ccc(C)cc1. The first-order valence-electron chi connectivity index (χ1n) is 12.2. The first-order valence-corrected chi connectivity index (χ1v) is 12.2. The lowest BCUT2D eigenvalue weighted by molar-refractivity contribution is -0.187. The quantitative estimate of drug-likeness (QED) is 0.405. The Morgan fingerprint density at radius 2 is 1.12 bits per heavy atom. The highest BCUT2D eigenvalue weighted by Gasteiger charge is 2.14. The molecule has 2 unspecified atom stereocenters. The minimum absolute atomic E-state index is 0.0196. The van der Waals surface area contributed by atoms with Crippen molar-refractivity contribution in [1.82, 2.24) is 0 Å². The van der Waals surface area contributed by atoms with Crippen molar-refractivity contribution in [3.8, 4) is 0 Å². The van der Waals surface area contributed by atoms with E-state index in [9.17, 15) is 4.39 Å². The summed E-state index contributed by atoms with van der Waals surface area (Å²) < 4.78 is 28.3. The Bertz CT molecular complexity index is 698. The van der Waals surface area contributed by atoms with Crippen LogP contribution in [0.1, 0.15) is 62.8 Å². The van der Waals surface area contributed by atoms with Crippen LogP contribution in [0.25, 0.3) is 0 Å². The van der Waals surface area contributed by atoms with Crippen LogP contribution in [-0.4, -0.2) is 32.2 Å². The van der Waals surface area contributed by atoms with Gasteiger partial charge in [0.15, 0.2) is 6.29 Å². The van der Waals surface area contributed by atoms with Crippen LogP contribution in [0.4, 0.5) is 4.39 Å². The van der Waals surface area contributed by atoms with Gasteiger partial charge in [0, 0.05) is 12.5 Å². The van der Waals surface area contributed by atoms with Gasteiger partial charge >= 0.3 is 0 Å². The van der Waals surface area contributed by atoms with Gasteiger partial charge in [-0.2, -0.15) is 0 Å². The fourth-order valence-corrected chi connectivity index (χ4v) is 3.04. The molecule has 2 fully saturated rings. The molecule has 0 spiro atoms. The lowest BCUT2D eigenvalue weighted by atomic mass is 10.0. The van der Waals surface area contributed by atoms with Gasteiger partial charge in [-0.05, 0) is 77.5 Å². The summed E-state index contributed by atoms with van der Waals surface area (Å²) in [6.45, 7) is 18.9. The molecule has 4 heteroatoms. The molecular formula is C29H45FO3. The van der Waals surface area contributed by atoms with Crippen molar-refractivity contribution in [3.05, 3.63) is 70.5 Å². The summed E-state index contributed by atoms with van der Waals surface area (Å²) in [4.78, 5) is 0. The van der Waals surface area contributed by atoms with Crippen LogP contribution in [0.3, 0.4) is 0 Å². The number of rotatable bonds is 0. The van der Waals surface area contributed by atoms with Crippen LogP contribution in [-0.2, 0) is 14.2 Å². The van der Waals surface area contributed by atoms with Gasteiger partial charge in [-0.1, -0.05) is 61.4 Å². The van der Waals surface area contributed by atoms with E-state index in [2.05, 4.69) is 58.9 Å². The summed E-state index contributed by atoms with van der Waals surface area (Å²) in [6.07, 6.45) is 3.14. The van der Waals surface area contributed by atoms with Gasteiger partial charge in [-0.15, -0.1) is 0 Å². The summed E-state index contributed by atoms with van der Waals surface area (Å²) in [5.41, 5.74) is 4.34. The predicted octanol–water partition coefficient (Wildman–Crippen LogP) is 7.58. The fraction of sp³-hybridized carbons (Fsp3) is 0.586. The van der Waals surface area contributed by atoms with E-state index in [0.29, 0.717) is 17.6 Å². The number of ether oxygens (including phenoxy) is 3. The molecule has 0 aliphatic carbocycles. The smallest absolute Gasteiger partial charge is 0.154 e. The molecule has 0 radical (unpaired) electrons. The Kier molecular flexibility index (Phi) is 14.2. The summed E-state index contributed by atoms with van der Waals surface area (Å²) >= 11 is 0. The molecule has 4 rings (SSSR count). The van der Waals surface area contributed by atoms with E-state index in [-0.39, 0.29) is 12.1 Å². The molecule has 3 nitrogen and oxygen atoms in total. The van der Waals surface area contributed by atoms with Crippen molar-refractivity contribution in [1.29, 1.82) is 0 Å². The first kappa shape index (κ1) is 29.3. The lowest BCUT2D eigenvalue weighted by Gasteiger charge is -2.24. The Balaban J connectivity index is 0.000000220. The van der Waals surface area contributed by atoms with E-state index >= 15 is 0 Å². The van der Waals surface area contributed by atoms with Crippen LogP contribution >= 0.6 is 0 Å².